The summed E-state index contributed by atoms with van der Waals surface area (Å²) in [5.74, 6) is -2.40. The van der Waals surface area contributed by atoms with Crippen molar-refractivity contribution in [2.45, 2.75) is 9.92 Å². The summed E-state index contributed by atoms with van der Waals surface area (Å²) in [5.41, 5.74) is -0.502. The third-order valence-electron chi connectivity index (χ3n) is 1.99. The van der Waals surface area contributed by atoms with Crippen LogP contribution in [0, 0.1) is 21.7 Å². The molecule has 0 unspecified atom stereocenters. The zero-order valence-electron chi connectivity index (χ0n) is 8.71. The van der Waals surface area contributed by atoms with Gasteiger partial charge in [-0.05, 0) is 12.1 Å². The minimum atomic E-state index is -1.26. The van der Waals surface area contributed by atoms with Gasteiger partial charge in [0.15, 0.2) is 11.6 Å². The Labute approximate surface area is 104 Å². The molecule has 18 heavy (non-hydrogen) atoms. The third-order valence-corrected chi connectivity index (χ3v) is 3.03. The summed E-state index contributed by atoms with van der Waals surface area (Å²) in [7, 11) is 0. The van der Waals surface area contributed by atoms with Crippen molar-refractivity contribution >= 4 is 17.4 Å². The van der Waals surface area contributed by atoms with E-state index >= 15 is 0 Å². The first kappa shape index (κ1) is 12.4. The van der Waals surface area contributed by atoms with Crippen molar-refractivity contribution in [3.63, 3.8) is 0 Å². The van der Waals surface area contributed by atoms with E-state index in [-0.39, 0.29) is 5.03 Å². The van der Waals surface area contributed by atoms with E-state index in [0.717, 1.165) is 12.1 Å². The lowest BCUT2D eigenvalue weighted by Gasteiger charge is -2.04. The molecule has 0 radical (unpaired) electrons. The maximum absolute atomic E-state index is 13.6. The third kappa shape index (κ3) is 2.43. The van der Waals surface area contributed by atoms with Crippen molar-refractivity contribution in [3.05, 3.63) is 52.5 Å². The average Bonchev–Trinajstić information content (AvgIpc) is 2.36. The Bertz CT molecular complexity index is 595. The lowest BCUT2D eigenvalue weighted by atomic mass is 10.3. The fourth-order valence-corrected chi connectivity index (χ4v) is 2.08. The molecule has 5 nitrogen and oxygen atoms in total. The number of rotatable bonds is 3. The highest BCUT2D eigenvalue weighted by Gasteiger charge is 2.22. The molecule has 0 saturated carbocycles. The van der Waals surface area contributed by atoms with Gasteiger partial charge >= 0.3 is 0 Å². The molecular formula is C10H5F2N3O2S. The van der Waals surface area contributed by atoms with Crippen molar-refractivity contribution in [2.24, 2.45) is 0 Å². The fourth-order valence-electron chi connectivity index (χ4n) is 1.21. The van der Waals surface area contributed by atoms with E-state index in [4.69, 9.17) is 0 Å². The van der Waals surface area contributed by atoms with E-state index in [9.17, 15) is 18.9 Å². The van der Waals surface area contributed by atoms with E-state index < -0.39 is 27.1 Å². The van der Waals surface area contributed by atoms with Crippen molar-refractivity contribution in [1.82, 2.24) is 9.97 Å². The second kappa shape index (κ2) is 5.05. The van der Waals surface area contributed by atoms with E-state index in [2.05, 4.69) is 9.97 Å². The van der Waals surface area contributed by atoms with Crippen molar-refractivity contribution in [2.75, 3.05) is 0 Å². The van der Waals surface area contributed by atoms with Gasteiger partial charge in [0, 0.05) is 12.3 Å². The van der Waals surface area contributed by atoms with Crippen LogP contribution in [0.2, 0.25) is 0 Å². The summed E-state index contributed by atoms with van der Waals surface area (Å²) in [6.07, 6.45) is 2.61. The molecule has 0 aliphatic rings. The molecule has 2 rings (SSSR count). The number of aromatic nitrogens is 2. The summed E-state index contributed by atoms with van der Waals surface area (Å²) in [6.45, 7) is 0. The monoisotopic (exact) mass is 269 g/mol. The van der Waals surface area contributed by atoms with Gasteiger partial charge in [0.1, 0.15) is 16.2 Å². The van der Waals surface area contributed by atoms with Crippen LogP contribution in [0.1, 0.15) is 0 Å². The van der Waals surface area contributed by atoms with Crippen LogP contribution in [0.3, 0.4) is 0 Å². The molecule has 0 fully saturated rings. The van der Waals surface area contributed by atoms with Gasteiger partial charge in [-0.3, -0.25) is 10.1 Å². The standard InChI is InChI=1S/C10H5F2N3O2S/c11-6-1-2-7(15(16)17)10(9(6)12)18-8-3-4-13-5-14-8/h1-5H. The molecule has 0 N–H and O–H groups in total. The molecule has 0 aliphatic carbocycles. The summed E-state index contributed by atoms with van der Waals surface area (Å²) < 4.78 is 26.6. The van der Waals surface area contributed by atoms with Crippen molar-refractivity contribution in [1.29, 1.82) is 0 Å². The summed E-state index contributed by atoms with van der Waals surface area (Å²) >= 11 is 0.676. The number of nitrogens with zero attached hydrogens (tertiary/aromatic N) is 3. The molecule has 1 aromatic carbocycles. The van der Waals surface area contributed by atoms with Gasteiger partial charge in [0.05, 0.1) is 4.92 Å². The van der Waals surface area contributed by atoms with Gasteiger partial charge in [-0.15, -0.1) is 0 Å². The quantitative estimate of drug-likeness (QED) is 0.487. The van der Waals surface area contributed by atoms with Gasteiger partial charge in [-0.1, -0.05) is 11.8 Å². The minimum Gasteiger partial charge on any atom is -0.258 e. The zero-order valence-corrected chi connectivity index (χ0v) is 9.53. The molecule has 8 heteroatoms. The Kier molecular flexibility index (Phi) is 3.47. The highest BCUT2D eigenvalue weighted by Crippen LogP contribution is 2.36. The van der Waals surface area contributed by atoms with E-state index in [1.807, 2.05) is 0 Å². The predicted octanol–water partition coefficient (Wildman–Crippen LogP) is 2.81. The molecule has 0 bridgehead atoms. The fraction of sp³-hybridized carbons (Fsp3) is 0. The van der Waals surface area contributed by atoms with Crippen LogP contribution in [0.15, 0.2) is 40.6 Å². The molecule has 2 aromatic rings. The molecule has 0 atom stereocenters. The Hall–Kier alpha value is -2.09. The number of benzene rings is 1. The van der Waals surface area contributed by atoms with E-state index in [0.29, 0.717) is 11.8 Å². The molecular weight excluding hydrogens is 264 g/mol. The number of nitro benzene ring substituents is 1. The Morgan fingerprint density at radius 3 is 2.67 bits per heavy atom. The zero-order chi connectivity index (χ0) is 13.1. The predicted molar refractivity (Wildman–Crippen MR) is 59.2 cm³/mol. The smallest absolute Gasteiger partial charge is 0.258 e. The molecule has 1 heterocycles. The number of hydrogen-bond donors (Lipinski definition) is 0. The van der Waals surface area contributed by atoms with Gasteiger partial charge in [-0.2, -0.15) is 0 Å². The highest BCUT2D eigenvalue weighted by atomic mass is 32.2. The van der Waals surface area contributed by atoms with E-state index in [1.54, 1.807) is 0 Å². The number of nitro groups is 1. The van der Waals surface area contributed by atoms with Crippen molar-refractivity contribution in [3.8, 4) is 0 Å². The molecule has 0 spiro atoms. The maximum Gasteiger partial charge on any atom is 0.286 e. The first-order chi connectivity index (χ1) is 8.59. The van der Waals surface area contributed by atoms with Gasteiger partial charge < -0.3 is 0 Å². The second-order valence-corrected chi connectivity index (χ2v) is 4.15. The Morgan fingerprint density at radius 1 is 1.28 bits per heavy atom. The Balaban J connectivity index is 2.48. The van der Waals surface area contributed by atoms with Gasteiger partial charge in [0.25, 0.3) is 5.69 Å². The number of hydrogen-bond acceptors (Lipinski definition) is 5. The lowest BCUT2D eigenvalue weighted by molar-refractivity contribution is -0.388. The molecule has 92 valence electrons. The van der Waals surface area contributed by atoms with Crippen LogP contribution in [0.25, 0.3) is 0 Å². The van der Waals surface area contributed by atoms with Crippen molar-refractivity contribution < 1.29 is 13.7 Å². The molecule has 0 aliphatic heterocycles. The molecule has 0 saturated heterocycles. The first-order valence-electron chi connectivity index (χ1n) is 4.66. The number of halogens is 2. The topological polar surface area (TPSA) is 68.9 Å². The van der Waals surface area contributed by atoms with Crippen LogP contribution in [0.5, 0.6) is 0 Å². The molecule has 1 aromatic heterocycles. The first-order valence-corrected chi connectivity index (χ1v) is 5.47. The van der Waals surface area contributed by atoms with Crippen LogP contribution < -0.4 is 0 Å². The van der Waals surface area contributed by atoms with E-state index in [1.165, 1.54) is 18.6 Å². The minimum absolute atomic E-state index is 0.289. The molecule has 0 amide bonds. The van der Waals surface area contributed by atoms with Crippen LogP contribution in [-0.4, -0.2) is 14.9 Å². The van der Waals surface area contributed by atoms with Gasteiger partial charge in [0.2, 0.25) is 0 Å². The average molecular weight is 269 g/mol. The normalized spacial score (nSPS) is 10.3. The summed E-state index contributed by atoms with van der Waals surface area (Å²) in [5, 5.41) is 11.0. The van der Waals surface area contributed by atoms with Crippen LogP contribution >= 0.6 is 11.8 Å². The SMILES string of the molecule is O=[N+]([O-])c1ccc(F)c(F)c1Sc1ccncn1. The van der Waals surface area contributed by atoms with Gasteiger partial charge in [-0.25, -0.2) is 18.7 Å². The summed E-state index contributed by atoms with van der Waals surface area (Å²) in [4.78, 5) is 17.0. The largest absolute Gasteiger partial charge is 0.286 e. The summed E-state index contributed by atoms with van der Waals surface area (Å²) in [6, 6.07) is 3.08. The second-order valence-electron chi connectivity index (χ2n) is 3.12. The van der Waals surface area contributed by atoms with Crippen LogP contribution in [0.4, 0.5) is 14.5 Å². The lowest BCUT2D eigenvalue weighted by Crippen LogP contribution is -1.96. The highest BCUT2D eigenvalue weighted by molar-refractivity contribution is 7.99. The Morgan fingerprint density at radius 2 is 2.06 bits per heavy atom. The van der Waals surface area contributed by atoms with Crippen LogP contribution in [-0.2, 0) is 0 Å². The maximum atomic E-state index is 13.6.